The van der Waals surface area contributed by atoms with Gasteiger partial charge in [-0.05, 0) is 58.2 Å². The third-order valence-electron chi connectivity index (χ3n) is 6.07. The SMILES string of the molecule is COc1cc(C)ccc1CNc1cc(N2CCC(NC(C)(C)C)CC2)c2ccccc2n1. The van der Waals surface area contributed by atoms with Gasteiger partial charge in [0.1, 0.15) is 11.6 Å². The summed E-state index contributed by atoms with van der Waals surface area (Å²) in [7, 11) is 1.72. The lowest BCUT2D eigenvalue weighted by atomic mass is 9.99. The Morgan fingerprint density at radius 1 is 1.06 bits per heavy atom. The van der Waals surface area contributed by atoms with Crippen molar-refractivity contribution in [1.29, 1.82) is 0 Å². The summed E-state index contributed by atoms with van der Waals surface area (Å²) >= 11 is 0. The number of anilines is 2. The Kier molecular flexibility index (Phi) is 6.56. The Morgan fingerprint density at radius 3 is 2.53 bits per heavy atom. The lowest BCUT2D eigenvalue weighted by molar-refractivity contribution is 0.317. The van der Waals surface area contributed by atoms with Crippen molar-refractivity contribution in [2.45, 2.75) is 58.7 Å². The standard InChI is InChI=1S/C27H36N4O/c1-19-10-11-20(25(16-19)32-5)18-28-26-17-24(22-8-6-7-9-23(22)29-26)31-14-12-21(13-15-31)30-27(2,3)4/h6-11,16-17,21,30H,12-15,18H2,1-5H3,(H,28,29). The second-order valence-corrected chi connectivity index (χ2v) is 9.87. The molecule has 0 bridgehead atoms. The summed E-state index contributed by atoms with van der Waals surface area (Å²) in [5, 5.41) is 8.52. The first kappa shape index (κ1) is 22.4. The molecule has 1 fully saturated rings. The fraction of sp³-hybridized carbons (Fsp3) is 0.444. The fourth-order valence-electron chi connectivity index (χ4n) is 4.57. The number of benzene rings is 2. The van der Waals surface area contributed by atoms with Crippen molar-refractivity contribution in [3.8, 4) is 5.75 Å². The first-order chi connectivity index (χ1) is 15.3. The van der Waals surface area contributed by atoms with E-state index >= 15 is 0 Å². The molecule has 5 nitrogen and oxygen atoms in total. The maximum absolute atomic E-state index is 5.57. The van der Waals surface area contributed by atoms with Crippen LogP contribution in [0.1, 0.15) is 44.7 Å². The molecule has 0 aliphatic carbocycles. The van der Waals surface area contributed by atoms with Gasteiger partial charge in [0, 0.05) is 53.9 Å². The molecule has 1 saturated heterocycles. The third kappa shape index (κ3) is 5.33. The van der Waals surface area contributed by atoms with Crippen molar-refractivity contribution in [2.24, 2.45) is 0 Å². The van der Waals surface area contributed by atoms with Gasteiger partial charge in [-0.15, -0.1) is 0 Å². The number of piperidine rings is 1. The first-order valence-electron chi connectivity index (χ1n) is 11.6. The molecule has 2 N–H and O–H groups in total. The second-order valence-electron chi connectivity index (χ2n) is 9.87. The Balaban J connectivity index is 1.55. The zero-order chi connectivity index (χ0) is 22.7. The van der Waals surface area contributed by atoms with Gasteiger partial charge in [0.25, 0.3) is 0 Å². The Bertz CT molecular complexity index is 1060. The van der Waals surface area contributed by atoms with E-state index in [4.69, 9.17) is 9.72 Å². The molecule has 0 unspecified atom stereocenters. The third-order valence-corrected chi connectivity index (χ3v) is 6.07. The van der Waals surface area contributed by atoms with Gasteiger partial charge in [-0.2, -0.15) is 0 Å². The largest absolute Gasteiger partial charge is 0.496 e. The Morgan fingerprint density at radius 2 is 1.81 bits per heavy atom. The molecule has 0 atom stereocenters. The van der Waals surface area contributed by atoms with Gasteiger partial charge < -0.3 is 20.3 Å². The number of methoxy groups -OCH3 is 1. The van der Waals surface area contributed by atoms with Crippen LogP contribution >= 0.6 is 0 Å². The molecule has 4 rings (SSSR count). The van der Waals surface area contributed by atoms with Gasteiger partial charge in [-0.25, -0.2) is 4.98 Å². The summed E-state index contributed by atoms with van der Waals surface area (Å²) in [4.78, 5) is 7.41. The highest BCUT2D eigenvalue weighted by Crippen LogP contribution is 2.31. The van der Waals surface area contributed by atoms with Crippen LogP contribution in [0.2, 0.25) is 0 Å². The number of hydrogen-bond donors (Lipinski definition) is 2. The van der Waals surface area contributed by atoms with Crippen molar-refractivity contribution in [3.63, 3.8) is 0 Å². The van der Waals surface area contributed by atoms with Gasteiger partial charge >= 0.3 is 0 Å². The molecular weight excluding hydrogens is 396 g/mol. The van der Waals surface area contributed by atoms with E-state index in [0.717, 1.165) is 48.6 Å². The van der Waals surface area contributed by atoms with E-state index in [1.54, 1.807) is 7.11 Å². The predicted octanol–water partition coefficient (Wildman–Crippen LogP) is 5.52. The highest BCUT2D eigenvalue weighted by molar-refractivity contribution is 5.93. The number of nitrogens with one attached hydrogen (secondary N) is 2. The van der Waals surface area contributed by atoms with Crippen LogP contribution < -0.4 is 20.3 Å². The van der Waals surface area contributed by atoms with Crippen molar-refractivity contribution >= 4 is 22.4 Å². The lowest BCUT2D eigenvalue weighted by Gasteiger charge is -2.37. The van der Waals surface area contributed by atoms with Crippen molar-refractivity contribution in [3.05, 3.63) is 59.7 Å². The van der Waals surface area contributed by atoms with Crippen LogP contribution in [0.4, 0.5) is 11.5 Å². The van der Waals surface area contributed by atoms with Crippen LogP contribution in [-0.4, -0.2) is 36.8 Å². The number of fused-ring (bicyclic) bond motifs is 1. The molecule has 0 saturated carbocycles. The number of hydrogen-bond acceptors (Lipinski definition) is 5. The van der Waals surface area contributed by atoms with E-state index in [1.165, 1.54) is 16.6 Å². The molecular formula is C27H36N4O. The molecule has 170 valence electrons. The van der Waals surface area contributed by atoms with Gasteiger partial charge in [-0.3, -0.25) is 0 Å². The van der Waals surface area contributed by atoms with Crippen molar-refractivity contribution in [2.75, 3.05) is 30.4 Å². The number of aryl methyl sites for hydroxylation is 1. The van der Waals surface area contributed by atoms with E-state index in [1.807, 2.05) is 0 Å². The number of ether oxygens (including phenoxy) is 1. The summed E-state index contributed by atoms with van der Waals surface area (Å²) in [6, 6.07) is 17.5. The van der Waals surface area contributed by atoms with Gasteiger partial charge in [0.15, 0.2) is 0 Å². The lowest BCUT2D eigenvalue weighted by Crippen LogP contribution is -2.49. The number of para-hydroxylation sites is 1. The van der Waals surface area contributed by atoms with E-state index in [-0.39, 0.29) is 5.54 Å². The molecule has 1 aliphatic rings. The van der Waals surface area contributed by atoms with Crippen LogP contribution in [0, 0.1) is 6.92 Å². The van der Waals surface area contributed by atoms with Crippen LogP contribution in [0.5, 0.6) is 5.75 Å². The van der Waals surface area contributed by atoms with Gasteiger partial charge in [0.05, 0.1) is 12.6 Å². The predicted molar refractivity (Wildman–Crippen MR) is 135 cm³/mol. The minimum Gasteiger partial charge on any atom is -0.496 e. The molecule has 1 aromatic heterocycles. The number of pyridine rings is 1. The summed E-state index contributed by atoms with van der Waals surface area (Å²) in [6.07, 6.45) is 2.30. The molecule has 32 heavy (non-hydrogen) atoms. The maximum Gasteiger partial charge on any atom is 0.129 e. The zero-order valence-electron chi connectivity index (χ0n) is 20.0. The Hall–Kier alpha value is -2.79. The van der Waals surface area contributed by atoms with Gasteiger partial charge in [-0.1, -0.05) is 30.3 Å². The van der Waals surface area contributed by atoms with Crippen LogP contribution in [0.25, 0.3) is 10.9 Å². The fourth-order valence-corrected chi connectivity index (χ4v) is 4.57. The highest BCUT2D eigenvalue weighted by atomic mass is 16.5. The number of nitrogens with zero attached hydrogens (tertiary/aromatic N) is 2. The first-order valence-corrected chi connectivity index (χ1v) is 11.6. The minimum absolute atomic E-state index is 0.157. The molecule has 2 heterocycles. The molecule has 1 aliphatic heterocycles. The second kappa shape index (κ2) is 9.37. The van der Waals surface area contributed by atoms with Crippen LogP contribution in [0.3, 0.4) is 0 Å². The minimum atomic E-state index is 0.157. The smallest absolute Gasteiger partial charge is 0.129 e. The Labute approximate surface area is 192 Å². The van der Waals surface area contributed by atoms with Crippen molar-refractivity contribution in [1.82, 2.24) is 10.3 Å². The summed E-state index contributed by atoms with van der Waals surface area (Å²) in [6.45, 7) is 11.6. The summed E-state index contributed by atoms with van der Waals surface area (Å²) in [5.41, 5.74) is 4.77. The quantitative estimate of drug-likeness (QED) is 0.537. The monoisotopic (exact) mass is 432 g/mol. The van der Waals surface area contributed by atoms with E-state index < -0.39 is 0 Å². The molecule has 0 spiro atoms. The number of rotatable bonds is 6. The topological polar surface area (TPSA) is 49.4 Å². The van der Waals surface area contributed by atoms with Gasteiger partial charge in [0.2, 0.25) is 0 Å². The highest BCUT2D eigenvalue weighted by Gasteiger charge is 2.24. The molecule has 2 aromatic carbocycles. The normalized spacial score (nSPS) is 15.2. The molecule has 0 amide bonds. The maximum atomic E-state index is 5.57. The summed E-state index contributed by atoms with van der Waals surface area (Å²) < 4.78 is 5.57. The molecule has 3 aromatic rings. The average Bonchev–Trinajstić information content (AvgIpc) is 2.77. The molecule has 0 radical (unpaired) electrons. The van der Waals surface area contributed by atoms with Crippen LogP contribution in [-0.2, 0) is 6.54 Å². The van der Waals surface area contributed by atoms with E-state index in [0.29, 0.717) is 12.6 Å². The summed E-state index contributed by atoms with van der Waals surface area (Å²) in [5.74, 6) is 1.81. The average molecular weight is 433 g/mol. The molecule has 5 heteroatoms. The zero-order valence-corrected chi connectivity index (χ0v) is 20.0. The van der Waals surface area contributed by atoms with Crippen LogP contribution in [0.15, 0.2) is 48.5 Å². The van der Waals surface area contributed by atoms with Crippen molar-refractivity contribution < 1.29 is 4.74 Å². The number of aromatic nitrogens is 1. The van der Waals surface area contributed by atoms with E-state index in [9.17, 15) is 0 Å². The van der Waals surface area contributed by atoms with E-state index in [2.05, 4.69) is 91.8 Å².